The Hall–Kier alpha value is 1.76. The SMILES string of the molecule is SCOC(Cl)(Cl)C(Cl)(Cl)Cl. The van der Waals surface area contributed by atoms with Gasteiger partial charge in [-0.3, -0.25) is 0 Å². The molecule has 0 heterocycles. The predicted octanol–water partition coefficient (Wildman–Crippen LogP) is 3.39. The topological polar surface area (TPSA) is 9.23 Å². The van der Waals surface area contributed by atoms with Crippen LogP contribution in [0.2, 0.25) is 0 Å². The van der Waals surface area contributed by atoms with Crippen LogP contribution in [0.1, 0.15) is 0 Å². The van der Waals surface area contributed by atoms with E-state index in [9.17, 15) is 0 Å². The van der Waals surface area contributed by atoms with Crippen LogP contribution in [0.25, 0.3) is 0 Å². The van der Waals surface area contributed by atoms with E-state index in [4.69, 9.17) is 58.0 Å². The Morgan fingerprint density at radius 2 is 1.50 bits per heavy atom. The summed E-state index contributed by atoms with van der Waals surface area (Å²) in [6, 6.07) is 0. The first-order valence-corrected chi connectivity index (χ1v) is 4.53. The maximum absolute atomic E-state index is 5.41. The van der Waals surface area contributed by atoms with Crippen LogP contribution in [0.3, 0.4) is 0 Å². The fourth-order valence-corrected chi connectivity index (χ4v) is 0.781. The first-order valence-electron chi connectivity index (χ1n) is 2.00. The zero-order valence-electron chi connectivity index (χ0n) is 4.45. The lowest BCUT2D eigenvalue weighted by Gasteiger charge is -2.25. The molecule has 0 aromatic rings. The van der Waals surface area contributed by atoms with Gasteiger partial charge in [-0.1, -0.05) is 58.0 Å². The third-order valence-electron chi connectivity index (χ3n) is 0.576. The third-order valence-corrected chi connectivity index (χ3v) is 2.87. The predicted molar refractivity (Wildman–Crippen MR) is 49.7 cm³/mol. The maximum Gasteiger partial charge on any atom is 0.266 e. The van der Waals surface area contributed by atoms with Gasteiger partial charge in [0.15, 0.2) is 0 Å². The first-order chi connectivity index (χ1) is 4.31. The molecule has 0 fully saturated rings. The molecule has 7 heteroatoms. The fourth-order valence-electron chi connectivity index (χ4n) is 0.163. The molecule has 0 bridgehead atoms. The minimum absolute atomic E-state index is 0.0269. The van der Waals surface area contributed by atoms with E-state index in [1.165, 1.54) is 0 Å². The summed E-state index contributed by atoms with van der Waals surface area (Å²) in [7, 11) is 0. The lowest BCUT2D eigenvalue weighted by molar-refractivity contribution is 0.123. The highest BCUT2D eigenvalue weighted by Gasteiger charge is 2.47. The van der Waals surface area contributed by atoms with E-state index in [0.717, 1.165) is 0 Å². The van der Waals surface area contributed by atoms with Crippen molar-refractivity contribution >= 4 is 70.6 Å². The normalized spacial score (nSPS) is 13.8. The van der Waals surface area contributed by atoms with Gasteiger partial charge in [0.2, 0.25) is 3.79 Å². The van der Waals surface area contributed by atoms with Crippen molar-refractivity contribution in [1.82, 2.24) is 0 Å². The summed E-state index contributed by atoms with van der Waals surface area (Å²) in [5, 5.41) is 0. The summed E-state index contributed by atoms with van der Waals surface area (Å²) in [6.45, 7) is 0. The summed E-state index contributed by atoms with van der Waals surface area (Å²) >= 11 is 30.4. The summed E-state index contributed by atoms with van der Waals surface area (Å²) < 4.78 is 0.869. The van der Waals surface area contributed by atoms with E-state index >= 15 is 0 Å². The van der Waals surface area contributed by atoms with E-state index in [0.29, 0.717) is 0 Å². The van der Waals surface area contributed by atoms with Crippen LogP contribution < -0.4 is 0 Å². The molecule has 0 spiro atoms. The molecular formula is C3H3Cl5OS. The van der Waals surface area contributed by atoms with Crippen LogP contribution in [-0.4, -0.2) is 14.3 Å². The third kappa shape index (κ3) is 3.44. The molecule has 0 atom stereocenters. The quantitative estimate of drug-likeness (QED) is 0.457. The lowest BCUT2D eigenvalue weighted by atomic mass is 10.8. The molecule has 0 N–H and O–H groups in total. The molecule has 0 aliphatic heterocycles. The van der Waals surface area contributed by atoms with Gasteiger partial charge in [-0.05, 0) is 0 Å². The van der Waals surface area contributed by atoms with Crippen molar-refractivity contribution in [3.8, 4) is 0 Å². The molecule has 0 amide bonds. The number of hydrogen-bond donors (Lipinski definition) is 1. The molecule has 0 aromatic heterocycles. The van der Waals surface area contributed by atoms with Gasteiger partial charge in [0.1, 0.15) is 0 Å². The van der Waals surface area contributed by atoms with Crippen molar-refractivity contribution in [3.63, 3.8) is 0 Å². The fraction of sp³-hybridized carbons (Fsp3) is 1.00. The van der Waals surface area contributed by atoms with Crippen LogP contribution >= 0.6 is 70.6 Å². The molecule has 62 valence electrons. The van der Waals surface area contributed by atoms with Crippen LogP contribution in [0.15, 0.2) is 0 Å². The average Bonchev–Trinajstić information content (AvgIpc) is 1.61. The van der Waals surface area contributed by atoms with E-state index in [1.54, 1.807) is 0 Å². The van der Waals surface area contributed by atoms with Crippen molar-refractivity contribution < 1.29 is 4.74 Å². The van der Waals surface area contributed by atoms with Gasteiger partial charge in [-0.15, -0.1) is 0 Å². The van der Waals surface area contributed by atoms with Crippen molar-refractivity contribution in [2.24, 2.45) is 0 Å². The van der Waals surface area contributed by atoms with Crippen molar-refractivity contribution in [2.75, 3.05) is 5.94 Å². The standard InChI is InChI=1S/C3H3Cl5OS/c4-2(5,6)3(7,8)9-1-10/h10H,1H2. The molecule has 0 aromatic carbocycles. The second-order valence-electron chi connectivity index (χ2n) is 1.29. The molecule has 0 aliphatic rings. The molecule has 0 saturated carbocycles. The molecule has 0 radical (unpaired) electrons. The Morgan fingerprint density at radius 3 is 1.60 bits per heavy atom. The van der Waals surface area contributed by atoms with E-state index in [-0.39, 0.29) is 5.94 Å². The number of thiol groups is 1. The van der Waals surface area contributed by atoms with Gasteiger partial charge in [-0.25, -0.2) is 0 Å². The average molecular weight is 264 g/mol. The van der Waals surface area contributed by atoms with Gasteiger partial charge < -0.3 is 4.74 Å². The molecule has 1 nitrogen and oxygen atoms in total. The Morgan fingerprint density at radius 1 is 1.10 bits per heavy atom. The number of hydrogen-bond acceptors (Lipinski definition) is 2. The summed E-state index contributed by atoms with van der Waals surface area (Å²) in [4.78, 5) is 0. The largest absolute Gasteiger partial charge is 0.333 e. The van der Waals surface area contributed by atoms with Crippen LogP contribution in [0.5, 0.6) is 0 Å². The number of rotatable bonds is 2. The van der Waals surface area contributed by atoms with E-state index in [1.807, 2.05) is 0 Å². The van der Waals surface area contributed by atoms with E-state index < -0.39 is 8.31 Å². The van der Waals surface area contributed by atoms with Gasteiger partial charge in [0.05, 0.1) is 5.94 Å². The molecule has 0 saturated heterocycles. The van der Waals surface area contributed by atoms with Crippen molar-refractivity contribution in [1.29, 1.82) is 0 Å². The van der Waals surface area contributed by atoms with Gasteiger partial charge in [0.25, 0.3) is 4.52 Å². The second-order valence-corrected chi connectivity index (χ2v) is 5.09. The molecule has 0 rings (SSSR count). The van der Waals surface area contributed by atoms with Gasteiger partial charge in [-0.2, -0.15) is 12.6 Å². The van der Waals surface area contributed by atoms with Gasteiger partial charge >= 0.3 is 0 Å². The molecule has 10 heavy (non-hydrogen) atoms. The molecule has 0 aliphatic carbocycles. The number of halogens is 5. The summed E-state index contributed by atoms with van der Waals surface area (Å²) in [6.07, 6.45) is 0. The minimum atomic E-state index is -1.88. The Bertz CT molecular complexity index is 110. The molecular weight excluding hydrogens is 261 g/mol. The lowest BCUT2D eigenvalue weighted by Crippen LogP contribution is -2.33. The zero-order chi connectivity index (χ0) is 8.41. The number of alkyl halides is 5. The first kappa shape index (κ1) is 11.8. The monoisotopic (exact) mass is 262 g/mol. The van der Waals surface area contributed by atoms with Gasteiger partial charge in [0, 0.05) is 0 Å². The maximum atomic E-state index is 5.41. The van der Waals surface area contributed by atoms with Crippen LogP contribution in [0, 0.1) is 0 Å². The molecule has 0 unspecified atom stereocenters. The summed E-state index contributed by atoms with van der Waals surface area (Å²) in [5.41, 5.74) is 0. The smallest absolute Gasteiger partial charge is 0.266 e. The highest BCUT2D eigenvalue weighted by Crippen LogP contribution is 2.46. The Kier molecular flexibility index (Phi) is 4.85. The zero-order valence-corrected chi connectivity index (χ0v) is 9.13. The highest BCUT2D eigenvalue weighted by atomic mass is 35.6. The second kappa shape index (κ2) is 4.13. The Balaban J connectivity index is 4.10. The van der Waals surface area contributed by atoms with E-state index in [2.05, 4.69) is 17.4 Å². The summed E-state index contributed by atoms with van der Waals surface area (Å²) in [5.74, 6) is -0.0269. The van der Waals surface area contributed by atoms with Crippen LogP contribution in [-0.2, 0) is 4.74 Å². The van der Waals surface area contributed by atoms with Crippen molar-refractivity contribution in [3.05, 3.63) is 0 Å². The van der Waals surface area contributed by atoms with Crippen LogP contribution in [0.4, 0.5) is 0 Å². The Labute approximate surface area is 89.3 Å². The van der Waals surface area contributed by atoms with Crippen molar-refractivity contribution in [2.45, 2.75) is 8.31 Å². The highest BCUT2D eigenvalue weighted by molar-refractivity contribution is 7.80. The minimum Gasteiger partial charge on any atom is -0.333 e. The number of ether oxygens (including phenoxy) is 1.